The van der Waals surface area contributed by atoms with Crippen LogP contribution >= 0.6 is 0 Å². The molecule has 0 aliphatic carbocycles. The molecule has 1 amide bonds. The van der Waals surface area contributed by atoms with Gasteiger partial charge in [-0.25, -0.2) is 9.18 Å². The van der Waals surface area contributed by atoms with E-state index in [0.717, 1.165) is 10.9 Å². The minimum atomic E-state index is -0.708. The summed E-state index contributed by atoms with van der Waals surface area (Å²) in [6, 6.07) is 14.2. The number of carbonyl (C=O) groups is 2. The Labute approximate surface area is 143 Å². The largest absolute Gasteiger partial charge is 0.450 e. The Balaban J connectivity index is 1.54. The molecule has 3 rings (SSSR count). The summed E-state index contributed by atoms with van der Waals surface area (Å²) in [7, 11) is 0. The number of halogens is 1. The fourth-order valence-corrected chi connectivity index (χ4v) is 2.40. The number of esters is 1. The van der Waals surface area contributed by atoms with Gasteiger partial charge >= 0.3 is 5.97 Å². The van der Waals surface area contributed by atoms with Crippen LogP contribution in [0.1, 0.15) is 29.1 Å². The van der Waals surface area contributed by atoms with Gasteiger partial charge in [-0.3, -0.25) is 4.79 Å². The Morgan fingerprint density at radius 3 is 2.60 bits per heavy atom. The second-order valence-electron chi connectivity index (χ2n) is 5.57. The first kappa shape index (κ1) is 16.7. The third-order valence-corrected chi connectivity index (χ3v) is 3.71. The molecule has 25 heavy (non-hydrogen) atoms. The lowest BCUT2D eigenvalue weighted by molar-refractivity contribution is -0.124. The molecule has 0 radical (unpaired) electrons. The van der Waals surface area contributed by atoms with Gasteiger partial charge < -0.3 is 14.5 Å². The molecule has 1 aromatic heterocycles. The van der Waals surface area contributed by atoms with Crippen LogP contribution in [0.2, 0.25) is 0 Å². The molecule has 1 heterocycles. The second-order valence-corrected chi connectivity index (χ2v) is 5.57. The number of benzene rings is 2. The van der Waals surface area contributed by atoms with E-state index in [4.69, 9.17) is 9.15 Å². The molecule has 0 saturated heterocycles. The molecular weight excluding hydrogens is 325 g/mol. The van der Waals surface area contributed by atoms with Crippen molar-refractivity contribution in [1.82, 2.24) is 5.32 Å². The lowest BCUT2D eigenvalue weighted by atomic mass is 10.1. The van der Waals surface area contributed by atoms with Crippen LogP contribution in [-0.4, -0.2) is 18.5 Å². The van der Waals surface area contributed by atoms with Gasteiger partial charge in [0.15, 0.2) is 6.61 Å². The predicted octanol–water partition coefficient (Wildman–Crippen LogP) is 3.61. The van der Waals surface area contributed by atoms with Gasteiger partial charge in [0.05, 0.1) is 6.04 Å². The van der Waals surface area contributed by atoms with Crippen LogP contribution in [0, 0.1) is 5.82 Å². The average molecular weight is 341 g/mol. The first-order chi connectivity index (χ1) is 12.0. The Bertz CT molecular complexity index is 868. The van der Waals surface area contributed by atoms with Crippen molar-refractivity contribution in [3.63, 3.8) is 0 Å². The second kappa shape index (κ2) is 7.17. The number of amides is 1. The first-order valence-electron chi connectivity index (χ1n) is 7.73. The molecule has 1 N–H and O–H groups in total. The van der Waals surface area contributed by atoms with E-state index >= 15 is 0 Å². The van der Waals surface area contributed by atoms with Gasteiger partial charge in [-0.05, 0) is 36.8 Å². The van der Waals surface area contributed by atoms with Crippen molar-refractivity contribution in [3.05, 3.63) is 71.7 Å². The van der Waals surface area contributed by atoms with E-state index in [1.54, 1.807) is 37.3 Å². The molecule has 5 nitrogen and oxygen atoms in total. The van der Waals surface area contributed by atoms with E-state index in [0.29, 0.717) is 5.58 Å². The molecule has 0 spiro atoms. The number of rotatable bonds is 5. The van der Waals surface area contributed by atoms with Gasteiger partial charge in [-0.15, -0.1) is 0 Å². The van der Waals surface area contributed by atoms with Crippen LogP contribution in [0.3, 0.4) is 0 Å². The van der Waals surface area contributed by atoms with Crippen LogP contribution in [0.4, 0.5) is 4.39 Å². The predicted molar refractivity (Wildman–Crippen MR) is 89.5 cm³/mol. The Kier molecular flexibility index (Phi) is 4.79. The Hall–Kier alpha value is -3.15. The SMILES string of the molecule is C[C@@H](NC(=O)COC(=O)c1cc2ccccc2o1)c1ccc(F)cc1. The van der Waals surface area contributed by atoms with Crippen molar-refractivity contribution < 1.29 is 23.1 Å². The molecule has 3 aromatic rings. The van der Waals surface area contributed by atoms with Gasteiger partial charge in [-0.2, -0.15) is 0 Å². The number of furan rings is 1. The maximum atomic E-state index is 12.9. The van der Waals surface area contributed by atoms with Crippen molar-refractivity contribution in [2.75, 3.05) is 6.61 Å². The molecule has 0 unspecified atom stereocenters. The Morgan fingerprint density at radius 2 is 1.88 bits per heavy atom. The maximum Gasteiger partial charge on any atom is 0.374 e. The summed E-state index contributed by atoms with van der Waals surface area (Å²) in [6.07, 6.45) is 0. The Morgan fingerprint density at radius 1 is 1.16 bits per heavy atom. The zero-order valence-corrected chi connectivity index (χ0v) is 13.5. The summed E-state index contributed by atoms with van der Waals surface area (Å²) in [5.74, 6) is -1.47. The number of ether oxygens (including phenoxy) is 1. The summed E-state index contributed by atoms with van der Waals surface area (Å²) in [5.41, 5.74) is 1.32. The highest BCUT2D eigenvalue weighted by molar-refractivity contribution is 5.93. The fourth-order valence-electron chi connectivity index (χ4n) is 2.40. The molecule has 0 bridgehead atoms. The molecule has 128 valence electrons. The van der Waals surface area contributed by atoms with Crippen LogP contribution in [-0.2, 0) is 9.53 Å². The van der Waals surface area contributed by atoms with Crippen LogP contribution in [0.25, 0.3) is 11.0 Å². The van der Waals surface area contributed by atoms with Gasteiger partial charge in [0, 0.05) is 5.39 Å². The smallest absolute Gasteiger partial charge is 0.374 e. The molecular formula is C19H16FNO4. The lowest BCUT2D eigenvalue weighted by Gasteiger charge is -2.14. The number of nitrogens with one attached hydrogen (secondary N) is 1. The zero-order chi connectivity index (χ0) is 17.8. The normalized spacial score (nSPS) is 11.9. The summed E-state index contributed by atoms with van der Waals surface area (Å²) in [4.78, 5) is 23.9. The first-order valence-corrected chi connectivity index (χ1v) is 7.73. The summed E-state index contributed by atoms with van der Waals surface area (Å²) in [6.45, 7) is 1.33. The van der Waals surface area contributed by atoms with Crippen molar-refractivity contribution in [1.29, 1.82) is 0 Å². The summed E-state index contributed by atoms with van der Waals surface area (Å²) in [5, 5.41) is 3.46. The van der Waals surface area contributed by atoms with E-state index < -0.39 is 18.5 Å². The number of hydrogen-bond donors (Lipinski definition) is 1. The third-order valence-electron chi connectivity index (χ3n) is 3.71. The van der Waals surface area contributed by atoms with Crippen LogP contribution in [0.15, 0.2) is 59.0 Å². The van der Waals surface area contributed by atoms with Gasteiger partial charge in [0.25, 0.3) is 5.91 Å². The highest BCUT2D eigenvalue weighted by Crippen LogP contribution is 2.19. The maximum absolute atomic E-state index is 12.9. The minimum absolute atomic E-state index is 0.0422. The summed E-state index contributed by atoms with van der Waals surface area (Å²) < 4.78 is 23.3. The molecule has 0 saturated carbocycles. The van der Waals surface area contributed by atoms with E-state index in [1.165, 1.54) is 12.1 Å². The molecule has 0 aliphatic rings. The number of fused-ring (bicyclic) bond motifs is 1. The molecule has 2 aromatic carbocycles. The average Bonchev–Trinajstić information content (AvgIpc) is 3.04. The fraction of sp³-hybridized carbons (Fsp3) is 0.158. The standard InChI is InChI=1S/C19H16FNO4/c1-12(13-6-8-15(20)9-7-13)21-18(22)11-24-19(23)17-10-14-4-2-3-5-16(14)25-17/h2-10,12H,11H2,1H3,(H,21,22)/t12-/m1/s1. The van der Waals surface area contributed by atoms with Gasteiger partial charge in [0.2, 0.25) is 5.76 Å². The number of para-hydroxylation sites is 1. The van der Waals surface area contributed by atoms with Crippen LogP contribution in [0.5, 0.6) is 0 Å². The van der Waals surface area contributed by atoms with Gasteiger partial charge in [0.1, 0.15) is 11.4 Å². The molecule has 1 atom stereocenters. The van der Waals surface area contributed by atoms with E-state index in [2.05, 4.69) is 5.32 Å². The molecule has 0 fully saturated rings. The van der Waals surface area contributed by atoms with Crippen molar-refractivity contribution in [2.45, 2.75) is 13.0 Å². The topological polar surface area (TPSA) is 68.5 Å². The third kappa shape index (κ3) is 4.03. The van der Waals surface area contributed by atoms with E-state index in [-0.39, 0.29) is 17.6 Å². The monoisotopic (exact) mass is 341 g/mol. The van der Waals surface area contributed by atoms with Crippen LogP contribution < -0.4 is 5.32 Å². The van der Waals surface area contributed by atoms with Crippen molar-refractivity contribution in [3.8, 4) is 0 Å². The number of hydrogen-bond acceptors (Lipinski definition) is 4. The highest BCUT2D eigenvalue weighted by Gasteiger charge is 2.16. The van der Waals surface area contributed by atoms with E-state index in [1.807, 2.05) is 12.1 Å². The zero-order valence-electron chi connectivity index (χ0n) is 13.5. The quantitative estimate of drug-likeness (QED) is 0.720. The van der Waals surface area contributed by atoms with Gasteiger partial charge in [-0.1, -0.05) is 30.3 Å². The minimum Gasteiger partial charge on any atom is -0.450 e. The van der Waals surface area contributed by atoms with Crippen molar-refractivity contribution in [2.24, 2.45) is 0 Å². The molecule has 0 aliphatic heterocycles. The van der Waals surface area contributed by atoms with E-state index in [9.17, 15) is 14.0 Å². The molecule has 6 heteroatoms. The number of carbonyl (C=O) groups excluding carboxylic acids is 2. The highest BCUT2D eigenvalue weighted by atomic mass is 19.1. The van der Waals surface area contributed by atoms with Crippen molar-refractivity contribution >= 4 is 22.8 Å². The lowest BCUT2D eigenvalue weighted by Crippen LogP contribution is -2.31. The summed E-state index contributed by atoms with van der Waals surface area (Å²) >= 11 is 0.